The molecule has 1 aromatic heterocycles. The Hall–Kier alpha value is -2.05. The first kappa shape index (κ1) is 14.0. The number of ether oxygens (including phenoxy) is 1. The Balaban J connectivity index is 3.00. The minimum Gasteiger partial charge on any atom is -0.515 e. The molecule has 18 heavy (non-hydrogen) atoms. The van der Waals surface area contributed by atoms with E-state index in [0.717, 1.165) is 18.3 Å². The standard InChI is InChI=1S/C11H10F3NO3/c1-2-18-10(17)8(6-16)7-3-4-9(15-5-7)11(12,13)14/h3-6,16H,2H2,1H3/b8-6-. The molecule has 0 saturated heterocycles. The van der Waals surface area contributed by atoms with Gasteiger partial charge in [0.2, 0.25) is 0 Å². The van der Waals surface area contributed by atoms with E-state index >= 15 is 0 Å². The van der Waals surface area contributed by atoms with Crippen molar-refractivity contribution in [3.63, 3.8) is 0 Å². The second-order valence-electron chi connectivity index (χ2n) is 3.19. The van der Waals surface area contributed by atoms with E-state index in [1.807, 2.05) is 0 Å². The second-order valence-corrected chi connectivity index (χ2v) is 3.19. The molecular weight excluding hydrogens is 251 g/mol. The minimum atomic E-state index is -4.55. The van der Waals surface area contributed by atoms with Crippen LogP contribution in [0.25, 0.3) is 5.57 Å². The van der Waals surface area contributed by atoms with Gasteiger partial charge in [0.1, 0.15) is 11.3 Å². The van der Waals surface area contributed by atoms with Gasteiger partial charge in [-0.25, -0.2) is 4.79 Å². The maximum absolute atomic E-state index is 12.3. The summed E-state index contributed by atoms with van der Waals surface area (Å²) in [5.74, 6) is -0.832. The molecule has 0 fully saturated rings. The summed E-state index contributed by atoms with van der Waals surface area (Å²) in [4.78, 5) is 14.5. The van der Waals surface area contributed by atoms with Crippen LogP contribution in [0.1, 0.15) is 18.2 Å². The molecule has 0 spiro atoms. The molecule has 7 heteroatoms. The summed E-state index contributed by atoms with van der Waals surface area (Å²) in [6, 6.07) is 1.76. The Labute approximate surface area is 101 Å². The molecule has 1 heterocycles. The van der Waals surface area contributed by atoms with E-state index < -0.39 is 17.8 Å². The molecule has 0 aliphatic rings. The SMILES string of the molecule is CCOC(=O)/C(=C\O)c1ccc(C(F)(F)F)nc1. The number of esters is 1. The van der Waals surface area contributed by atoms with Gasteiger partial charge in [-0.15, -0.1) is 0 Å². The normalized spacial score (nSPS) is 12.3. The van der Waals surface area contributed by atoms with Gasteiger partial charge in [0.25, 0.3) is 0 Å². The first-order valence-corrected chi connectivity index (χ1v) is 4.95. The van der Waals surface area contributed by atoms with Crippen molar-refractivity contribution >= 4 is 11.5 Å². The molecule has 0 atom stereocenters. The topological polar surface area (TPSA) is 59.4 Å². The molecule has 98 valence electrons. The van der Waals surface area contributed by atoms with E-state index in [-0.39, 0.29) is 17.7 Å². The molecule has 0 radical (unpaired) electrons. The van der Waals surface area contributed by atoms with Crippen LogP contribution in [0, 0.1) is 0 Å². The Morgan fingerprint density at radius 3 is 2.56 bits per heavy atom. The third-order valence-electron chi connectivity index (χ3n) is 1.99. The predicted molar refractivity (Wildman–Crippen MR) is 56.5 cm³/mol. The highest BCUT2D eigenvalue weighted by Crippen LogP contribution is 2.28. The first-order valence-electron chi connectivity index (χ1n) is 4.95. The number of aromatic nitrogens is 1. The zero-order chi connectivity index (χ0) is 13.8. The average Bonchev–Trinajstić information content (AvgIpc) is 2.30. The number of pyridine rings is 1. The zero-order valence-corrected chi connectivity index (χ0v) is 9.36. The number of nitrogens with zero attached hydrogens (tertiary/aromatic N) is 1. The molecule has 1 aromatic rings. The third kappa shape index (κ3) is 3.22. The fraction of sp³-hybridized carbons (Fsp3) is 0.273. The Kier molecular flexibility index (Phi) is 4.30. The van der Waals surface area contributed by atoms with Gasteiger partial charge in [-0.1, -0.05) is 6.07 Å². The molecule has 0 amide bonds. The molecule has 0 aromatic carbocycles. The van der Waals surface area contributed by atoms with Gasteiger partial charge in [0.15, 0.2) is 0 Å². The maximum atomic E-state index is 12.3. The van der Waals surface area contributed by atoms with E-state index in [9.17, 15) is 18.0 Å². The molecule has 0 bridgehead atoms. The minimum absolute atomic E-state index is 0.0453. The van der Waals surface area contributed by atoms with Gasteiger partial charge >= 0.3 is 12.1 Å². The number of alkyl halides is 3. The van der Waals surface area contributed by atoms with Crippen LogP contribution in [0.3, 0.4) is 0 Å². The largest absolute Gasteiger partial charge is 0.515 e. The lowest BCUT2D eigenvalue weighted by Crippen LogP contribution is -2.10. The van der Waals surface area contributed by atoms with Crippen LogP contribution < -0.4 is 0 Å². The molecular formula is C11H10F3NO3. The van der Waals surface area contributed by atoms with Crippen LogP contribution in [-0.2, 0) is 15.7 Å². The van der Waals surface area contributed by atoms with E-state index in [1.165, 1.54) is 0 Å². The van der Waals surface area contributed by atoms with Crippen molar-refractivity contribution < 1.29 is 27.8 Å². The second kappa shape index (κ2) is 5.52. The number of hydrogen-bond acceptors (Lipinski definition) is 4. The van der Waals surface area contributed by atoms with Gasteiger partial charge in [-0.3, -0.25) is 4.98 Å². The summed E-state index contributed by atoms with van der Waals surface area (Å²) in [5, 5.41) is 8.89. The number of halogens is 3. The number of aliphatic hydroxyl groups excluding tert-OH is 1. The van der Waals surface area contributed by atoms with Crippen molar-refractivity contribution in [1.82, 2.24) is 4.98 Å². The van der Waals surface area contributed by atoms with Crippen molar-refractivity contribution in [2.24, 2.45) is 0 Å². The Morgan fingerprint density at radius 1 is 1.50 bits per heavy atom. The Morgan fingerprint density at radius 2 is 2.17 bits per heavy atom. The molecule has 0 aliphatic heterocycles. The van der Waals surface area contributed by atoms with E-state index in [4.69, 9.17) is 5.11 Å². The number of aliphatic hydroxyl groups is 1. The van der Waals surface area contributed by atoms with Crippen LogP contribution >= 0.6 is 0 Å². The third-order valence-corrected chi connectivity index (χ3v) is 1.99. The summed E-state index contributed by atoms with van der Waals surface area (Å²) in [7, 11) is 0. The lowest BCUT2D eigenvalue weighted by atomic mass is 10.1. The smallest absolute Gasteiger partial charge is 0.433 e. The van der Waals surface area contributed by atoms with Crippen LogP contribution in [0.2, 0.25) is 0 Å². The van der Waals surface area contributed by atoms with Gasteiger partial charge in [0.05, 0.1) is 12.9 Å². The van der Waals surface area contributed by atoms with Crippen LogP contribution in [0.5, 0.6) is 0 Å². The molecule has 4 nitrogen and oxygen atoms in total. The zero-order valence-electron chi connectivity index (χ0n) is 9.36. The Bertz CT molecular complexity index is 452. The summed E-state index contributed by atoms with van der Waals surface area (Å²) >= 11 is 0. The summed E-state index contributed by atoms with van der Waals surface area (Å²) < 4.78 is 41.4. The van der Waals surface area contributed by atoms with Gasteiger partial charge in [0, 0.05) is 11.8 Å². The van der Waals surface area contributed by atoms with Crippen molar-refractivity contribution in [3.8, 4) is 0 Å². The van der Waals surface area contributed by atoms with Gasteiger partial charge < -0.3 is 9.84 Å². The quantitative estimate of drug-likeness (QED) is 0.516. The predicted octanol–water partition coefficient (Wildman–Crippen LogP) is 2.56. The van der Waals surface area contributed by atoms with Gasteiger partial charge in [-0.05, 0) is 13.0 Å². The fourth-order valence-electron chi connectivity index (χ4n) is 1.17. The van der Waals surface area contributed by atoms with Crippen LogP contribution in [0.15, 0.2) is 24.6 Å². The molecule has 1 rings (SSSR count). The van der Waals surface area contributed by atoms with Crippen molar-refractivity contribution in [2.45, 2.75) is 13.1 Å². The van der Waals surface area contributed by atoms with Crippen molar-refractivity contribution in [2.75, 3.05) is 6.61 Å². The number of carbonyl (C=O) groups is 1. The fourth-order valence-corrected chi connectivity index (χ4v) is 1.17. The maximum Gasteiger partial charge on any atom is 0.433 e. The summed E-state index contributed by atoms with van der Waals surface area (Å²) in [5.41, 5.74) is -1.28. The number of carbonyl (C=O) groups excluding carboxylic acids is 1. The number of rotatable bonds is 3. The highest BCUT2D eigenvalue weighted by Gasteiger charge is 2.32. The van der Waals surface area contributed by atoms with Crippen LogP contribution in [0.4, 0.5) is 13.2 Å². The molecule has 1 N–H and O–H groups in total. The summed E-state index contributed by atoms with van der Waals surface area (Å²) in [6.07, 6.45) is -3.23. The van der Waals surface area contributed by atoms with E-state index in [2.05, 4.69) is 9.72 Å². The van der Waals surface area contributed by atoms with Crippen molar-refractivity contribution in [1.29, 1.82) is 0 Å². The monoisotopic (exact) mass is 261 g/mol. The van der Waals surface area contributed by atoms with E-state index in [1.54, 1.807) is 6.92 Å². The lowest BCUT2D eigenvalue weighted by molar-refractivity contribution is -0.141. The average molecular weight is 261 g/mol. The molecule has 0 unspecified atom stereocenters. The van der Waals surface area contributed by atoms with Gasteiger partial charge in [-0.2, -0.15) is 13.2 Å². The van der Waals surface area contributed by atoms with Crippen LogP contribution in [-0.4, -0.2) is 22.7 Å². The summed E-state index contributed by atoms with van der Waals surface area (Å²) in [6.45, 7) is 1.65. The molecule has 0 aliphatic carbocycles. The first-order chi connectivity index (χ1) is 8.40. The molecule has 0 saturated carbocycles. The highest BCUT2D eigenvalue weighted by atomic mass is 19.4. The van der Waals surface area contributed by atoms with Crippen molar-refractivity contribution in [3.05, 3.63) is 35.8 Å². The highest BCUT2D eigenvalue weighted by molar-refractivity contribution is 6.15. The lowest BCUT2D eigenvalue weighted by Gasteiger charge is -2.08. The van der Waals surface area contributed by atoms with E-state index in [0.29, 0.717) is 6.26 Å². The number of hydrogen-bond donors (Lipinski definition) is 1.